The SMILES string of the molecule is COC(=O)Cn1cnc(CCNC(=O)OC(C)(C)C)c1. The van der Waals surface area contributed by atoms with Crippen molar-refractivity contribution in [1.82, 2.24) is 14.9 Å². The van der Waals surface area contributed by atoms with Crippen LogP contribution in [-0.4, -0.2) is 40.9 Å². The molecule has 0 saturated heterocycles. The summed E-state index contributed by atoms with van der Waals surface area (Å²) in [6, 6.07) is 0. The van der Waals surface area contributed by atoms with E-state index >= 15 is 0 Å². The largest absolute Gasteiger partial charge is 0.468 e. The van der Waals surface area contributed by atoms with E-state index in [1.54, 1.807) is 37.9 Å². The van der Waals surface area contributed by atoms with Gasteiger partial charge in [-0.3, -0.25) is 4.79 Å². The number of methoxy groups -OCH3 is 1. The molecule has 0 aliphatic rings. The van der Waals surface area contributed by atoms with E-state index < -0.39 is 11.7 Å². The number of carbonyl (C=O) groups excluding carboxylic acids is 2. The molecule has 0 unspecified atom stereocenters. The molecule has 7 nitrogen and oxygen atoms in total. The van der Waals surface area contributed by atoms with Crippen LogP contribution in [0.4, 0.5) is 4.79 Å². The number of carbonyl (C=O) groups is 2. The van der Waals surface area contributed by atoms with E-state index in [1.807, 2.05) is 0 Å². The minimum absolute atomic E-state index is 0.128. The van der Waals surface area contributed by atoms with Crippen molar-refractivity contribution in [3.05, 3.63) is 18.2 Å². The first-order chi connectivity index (χ1) is 9.30. The Labute approximate surface area is 118 Å². The fraction of sp³-hybridized carbons (Fsp3) is 0.615. The molecule has 0 fully saturated rings. The molecule has 1 aromatic heterocycles. The Hall–Kier alpha value is -2.05. The highest BCUT2D eigenvalue weighted by Gasteiger charge is 2.15. The second-order valence-corrected chi connectivity index (χ2v) is 5.29. The van der Waals surface area contributed by atoms with Crippen LogP contribution in [0.1, 0.15) is 26.5 Å². The van der Waals surface area contributed by atoms with E-state index in [1.165, 1.54) is 7.11 Å². The average molecular weight is 283 g/mol. The number of esters is 1. The Balaban J connectivity index is 2.32. The first-order valence-electron chi connectivity index (χ1n) is 6.34. The van der Waals surface area contributed by atoms with E-state index in [2.05, 4.69) is 15.0 Å². The molecule has 0 saturated carbocycles. The minimum atomic E-state index is -0.508. The zero-order chi connectivity index (χ0) is 15.2. The van der Waals surface area contributed by atoms with Gasteiger partial charge in [-0.15, -0.1) is 0 Å². The lowest BCUT2D eigenvalue weighted by Crippen LogP contribution is -2.33. The molecule has 1 N–H and O–H groups in total. The van der Waals surface area contributed by atoms with Crippen LogP contribution in [0.5, 0.6) is 0 Å². The second-order valence-electron chi connectivity index (χ2n) is 5.29. The second kappa shape index (κ2) is 6.93. The minimum Gasteiger partial charge on any atom is -0.468 e. The van der Waals surface area contributed by atoms with Crippen LogP contribution in [0.2, 0.25) is 0 Å². The number of alkyl carbamates (subject to hydrolysis) is 1. The summed E-state index contributed by atoms with van der Waals surface area (Å²) in [6.07, 6.45) is 3.41. The van der Waals surface area contributed by atoms with Gasteiger partial charge >= 0.3 is 12.1 Å². The smallest absolute Gasteiger partial charge is 0.407 e. The number of nitrogens with zero attached hydrogens (tertiary/aromatic N) is 2. The Morgan fingerprint density at radius 2 is 2.10 bits per heavy atom. The maximum atomic E-state index is 11.4. The maximum absolute atomic E-state index is 11.4. The Morgan fingerprint density at radius 3 is 2.70 bits per heavy atom. The lowest BCUT2D eigenvalue weighted by Gasteiger charge is -2.19. The van der Waals surface area contributed by atoms with E-state index in [4.69, 9.17) is 4.74 Å². The highest BCUT2D eigenvalue weighted by Crippen LogP contribution is 2.06. The van der Waals surface area contributed by atoms with Crippen LogP contribution in [-0.2, 0) is 27.2 Å². The van der Waals surface area contributed by atoms with Crippen LogP contribution < -0.4 is 5.32 Å². The third-order valence-corrected chi connectivity index (χ3v) is 2.28. The summed E-state index contributed by atoms with van der Waals surface area (Å²) >= 11 is 0. The first kappa shape index (κ1) is 16.0. The summed E-state index contributed by atoms with van der Waals surface area (Å²) < 4.78 is 11.3. The van der Waals surface area contributed by atoms with E-state index in [0.29, 0.717) is 13.0 Å². The van der Waals surface area contributed by atoms with Gasteiger partial charge in [-0.25, -0.2) is 9.78 Å². The predicted octanol–water partition coefficient (Wildman–Crippen LogP) is 1.12. The summed E-state index contributed by atoms with van der Waals surface area (Å²) in [5, 5.41) is 2.65. The summed E-state index contributed by atoms with van der Waals surface area (Å²) in [7, 11) is 1.34. The first-order valence-corrected chi connectivity index (χ1v) is 6.34. The third-order valence-electron chi connectivity index (χ3n) is 2.28. The van der Waals surface area contributed by atoms with Gasteiger partial charge in [0.15, 0.2) is 0 Å². The highest BCUT2D eigenvalue weighted by atomic mass is 16.6. The number of ether oxygens (including phenoxy) is 2. The van der Waals surface area contributed by atoms with Crippen LogP contribution in [0.25, 0.3) is 0 Å². The van der Waals surface area contributed by atoms with Crippen molar-refractivity contribution in [2.75, 3.05) is 13.7 Å². The molecule has 20 heavy (non-hydrogen) atoms. The molecule has 1 rings (SSSR count). The van der Waals surface area contributed by atoms with Gasteiger partial charge in [0.2, 0.25) is 0 Å². The summed E-state index contributed by atoms with van der Waals surface area (Å²) in [5.74, 6) is -0.333. The zero-order valence-electron chi connectivity index (χ0n) is 12.3. The molecular weight excluding hydrogens is 262 g/mol. The van der Waals surface area contributed by atoms with Gasteiger partial charge in [0.05, 0.1) is 19.1 Å². The van der Waals surface area contributed by atoms with Gasteiger partial charge in [-0.1, -0.05) is 0 Å². The van der Waals surface area contributed by atoms with Crippen molar-refractivity contribution in [1.29, 1.82) is 0 Å². The number of imidazole rings is 1. The van der Waals surface area contributed by atoms with Crippen molar-refractivity contribution in [3.8, 4) is 0 Å². The van der Waals surface area contributed by atoms with Gasteiger partial charge in [-0.2, -0.15) is 0 Å². The number of hydrogen-bond acceptors (Lipinski definition) is 5. The summed E-state index contributed by atoms with van der Waals surface area (Å²) in [5.41, 5.74) is 0.275. The van der Waals surface area contributed by atoms with Crippen molar-refractivity contribution in [3.63, 3.8) is 0 Å². The summed E-state index contributed by atoms with van der Waals surface area (Å²) in [6.45, 7) is 5.97. The van der Waals surface area contributed by atoms with Crippen LogP contribution in [0.15, 0.2) is 12.5 Å². The fourth-order valence-electron chi connectivity index (χ4n) is 1.44. The number of hydrogen-bond donors (Lipinski definition) is 1. The van der Waals surface area contributed by atoms with E-state index in [9.17, 15) is 9.59 Å². The van der Waals surface area contributed by atoms with Crippen LogP contribution in [0.3, 0.4) is 0 Å². The number of amides is 1. The van der Waals surface area contributed by atoms with E-state index in [-0.39, 0.29) is 12.5 Å². The standard InChI is InChI=1S/C13H21N3O4/c1-13(2,3)20-12(18)14-6-5-10-7-16(9-15-10)8-11(17)19-4/h7,9H,5-6,8H2,1-4H3,(H,14,18). The highest BCUT2D eigenvalue weighted by molar-refractivity contribution is 5.69. The van der Waals surface area contributed by atoms with Gasteiger partial charge < -0.3 is 19.4 Å². The molecule has 0 spiro atoms. The zero-order valence-corrected chi connectivity index (χ0v) is 12.3. The topological polar surface area (TPSA) is 82.5 Å². The summed E-state index contributed by atoms with van der Waals surface area (Å²) in [4.78, 5) is 26.6. The van der Waals surface area contributed by atoms with Crippen LogP contribution in [0, 0.1) is 0 Å². The van der Waals surface area contributed by atoms with Crippen LogP contribution >= 0.6 is 0 Å². The average Bonchev–Trinajstić information content (AvgIpc) is 2.74. The van der Waals surface area contributed by atoms with Gasteiger partial charge in [0, 0.05) is 19.2 Å². The van der Waals surface area contributed by atoms with Gasteiger partial charge in [0.25, 0.3) is 0 Å². The Morgan fingerprint density at radius 1 is 1.40 bits per heavy atom. The monoisotopic (exact) mass is 283 g/mol. The Bertz CT molecular complexity index is 462. The van der Waals surface area contributed by atoms with E-state index in [0.717, 1.165) is 5.69 Å². The molecule has 112 valence electrons. The number of aromatic nitrogens is 2. The molecule has 0 aromatic carbocycles. The molecule has 1 aromatic rings. The molecule has 7 heteroatoms. The van der Waals surface area contributed by atoms with Crippen molar-refractivity contribution in [2.45, 2.75) is 39.3 Å². The van der Waals surface area contributed by atoms with Gasteiger partial charge in [0.1, 0.15) is 12.1 Å². The number of nitrogens with one attached hydrogen (secondary N) is 1. The van der Waals surface area contributed by atoms with Crippen molar-refractivity contribution < 1.29 is 19.1 Å². The fourth-order valence-corrected chi connectivity index (χ4v) is 1.44. The maximum Gasteiger partial charge on any atom is 0.407 e. The molecule has 0 atom stereocenters. The van der Waals surface area contributed by atoms with Gasteiger partial charge in [-0.05, 0) is 20.8 Å². The molecule has 1 heterocycles. The Kier molecular flexibility index (Phi) is 5.54. The molecule has 0 radical (unpaired) electrons. The number of rotatable bonds is 5. The van der Waals surface area contributed by atoms with Crippen molar-refractivity contribution in [2.24, 2.45) is 0 Å². The molecular formula is C13H21N3O4. The quantitative estimate of drug-likeness (QED) is 0.819. The lowest BCUT2D eigenvalue weighted by atomic mass is 10.2. The molecule has 0 aliphatic heterocycles. The molecule has 0 bridgehead atoms. The van der Waals surface area contributed by atoms with Crippen molar-refractivity contribution >= 4 is 12.1 Å². The lowest BCUT2D eigenvalue weighted by molar-refractivity contribution is -0.141. The molecule has 1 amide bonds. The predicted molar refractivity (Wildman–Crippen MR) is 72.2 cm³/mol. The molecule has 0 aliphatic carbocycles. The normalized spacial score (nSPS) is 11.0. The third kappa shape index (κ3) is 6.21.